The summed E-state index contributed by atoms with van der Waals surface area (Å²) in [5.74, 6) is -0.242. The van der Waals surface area contributed by atoms with Gasteiger partial charge >= 0.3 is 0 Å². The van der Waals surface area contributed by atoms with Gasteiger partial charge in [-0.1, -0.05) is 6.07 Å². The molecule has 0 saturated carbocycles. The van der Waals surface area contributed by atoms with Crippen LogP contribution >= 0.6 is 15.9 Å². The van der Waals surface area contributed by atoms with Gasteiger partial charge in [0.2, 0.25) is 0 Å². The lowest BCUT2D eigenvalue weighted by molar-refractivity contribution is 0.102. The first-order valence-electron chi connectivity index (χ1n) is 4.98. The summed E-state index contributed by atoms with van der Waals surface area (Å²) in [6, 6.07) is 6.98. The largest absolute Gasteiger partial charge is 0.457 e. The Kier molecular flexibility index (Phi) is 3.19. The van der Waals surface area contributed by atoms with Crippen LogP contribution < -0.4 is 11.1 Å². The van der Waals surface area contributed by atoms with Gasteiger partial charge in [-0.2, -0.15) is 0 Å². The van der Waals surface area contributed by atoms with Crippen molar-refractivity contribution in [2.45, 2.75) is 6.92 Å². The summed E-state index contributed by atoms with van der Waals surface area (Å²) in [6.45, 7) is 1.91. The van der Waals surface area contributed by atoms with Gasteiger partial charge in [-0.05, 0) is 46.6 Å². The van der Waals surface area contributed by atoms with Gasteiger partial charge in [-0.25, -0.2) is 0 Å². The maximum Gasteiger partial charge on any atom is 0.260 e. The van der Waals surface area contributed by atoms with Crippen LogP contribution in [-0.4, -0.2) is 5.91 Å². The fraction of sp³-hybridized carbons (Fsp3) is 0.0833. The minimum atomic E-state index is -0.242. The summed E-state index contributed by atoms with van der Waals surface area (Å²) < 4.78 is 5.41. The van der Waals surface area contributed by atoms with Gasteiger partial charge in [0.15, 0.2) is 4.67 Å². The smallest absolute Gasteiger partial charge is 0.260 e. The third-order valence-corrected chi connectivity index (χ3v) is 3.01. The molecule has 0 aliphatic heterocycles. The van der Waals surface area contributed by atoms with Crippen LogP contribution in [0, 0.1) is 6.92 Å². The molecule has 1 heterocycles. The number of amides is 1. The van der Waals surface area contributed by atoms with E-state index in [1.165, 1.54) is 6.26 Å². The van der Waals surface area contributed by atoms with Crippen LogP contribution in [0.4, 0.5) is 11.4 Å². The summed E-state index contributed by atoms with van der Waals surface area (Å²) >= 11 is 3.15. The van der Waals surface area contributed by atoms with E-state index in [-0.39, 0.29) is 5.91 Å². The lowest BCUT2D eigenvalue weighted by atomic mass is 10.2. The molecule has 1 aromatic carbocycles. The van der Waals surface area contributed by atoms with Gasteiger partial charge in [-0.15, -0.1) is 0 Å². The van der Waals surface area contributed by atoms with Gasteiger partial charge in [0.05, 0.1) is 11.8 Å². The van der Waals surface area contributed by atoms with Crippen LogP contribution in [0.3, 0.4) is 0 Å². The highest BCUT2D eigenvalue weighted by molar-refractivity contribution is 9.10. The van der Waals surface area contributed by atoms with E-state index in [0.717, 1.165) is 5.56 Å². The number of nitrogens with one attached hydrogen (secondary N) is 1. The molecule has 0 atom stereocenters. The number of benzene rings is 1. The van der Waals surface area contributed by atoms with Crippen molar-refractivity contribution in [1.29, 1.82) is 0 Å². The summed E-state index contributed by atoms with van der Waals surface area (Å²) in [7, 11) is 0. The molecule has 0 saturated heterocycles. The van der Waals surface area contributed by atoms with Crippen LogP contribution in [0.25, 0.3) is 0 Å². The predicted octanol–water partition coefficient (Wildman–Crippen LogP) is 3.19. The molecule has 0 spiro atoms. The van der Waals surface area contributed by atoms with Crippen molar-refractivity contribution < 1.29 is 9.21 Å². The molecule has 0 fully saturated rings. The molecule has 2 rings (SSSR count). The van der Waals surface area contributed by atoms with Crippen molar-refractivity contribution in [1.82, 2.24) is 0 Å². The number of halogens is 1. The number of carbonyl (C=O) groups is 1. The van der Waals surface area contributed by atoms with Gasteiger partial charge < -0.3 is 15.5 Å². The number of hydrogen-bond acceptors (Lipinski definition) is 3. The van der Waals surface area contributed by atoms with E-state index in [1.807, 2.05) is 13.0 Å². The molecule has 0 aliphatic carbocycles. The lowest BCUT2D eigenvalue weighted by Gasteiger charge is -2.06. The molecule has 3 N–H and O–H groups in total. The van der Waals surface area contributed by atoms with Gasteiger partial charge in [-0.3, -0.25) is 4.79 Å². The lowest BCUT2D eigenvalue weighted by Crippen LogP contribution is -2.11. The topological polar surface area (TPSA) is 68.3 Å². The zero-order chi connectivity index (χ0) is 12.4. The van der Waals surface area contributed by atoms with Crippen LogP contribution in [0.15, 0.2) is 39.6 Å². The molecule has 2 aromatic rings. The number of carbonyl (C=O) groups excluding carboxylic acids is 1. The summed E-state index contributed by atoms with van der Waals surface area (Å²) in [4.78, 5) is 11.9. The van der Waals surface area contributed by atoms with Gasteiger partial charge in [0.1, 0.15) is 0 Å². The van der Waals surface area contributed by atoms with Crippen molar-refractivity contribution >= 4 is 33.2 Å². The molecular weight excluding hydrogens is 284 g/mol. The average molecular weight is 295 g/mol. The summed E-state index contributed by atoms with van der Waals surface area (Å²) in [5, 5.41) is 2.74. The molecule has 0 aliphatic rings. The monoisotopic (exact) mass is 294 g/mol. The van der Waals surface area contributed by atoms with Gasteiger partial charge in [0, 0.05) is 11.4 Å². The minimum Gasteiger partial charge on any atom is -0.457 e. The molecule has 0 unspecified atom stereocenters. The number of furan rings is 1. The molecule has 1 amide bonds. The SMILES string of the molecule is Cc1ccc(NC(=O)c2ccoc2Br)cc1N. The number of nitrogens with two attached hydrogens (primary N) is 1. The third-order valence-electron chi connectivity index (χ3n) is 2.40. The van der Waals surface area contributed by atoms with Crippen molar-refractivity contribution in [2.75, 3.05) is 11.1 Å². The van der Waals surface area contributed by atoms with E-state index < -0.39 is 0 Å². The van der Waals surface area contributed by atoms with E-state index in [9.17, 15) is 4.79 Å². The maximum absolute atomic E-state index is 11.9. The second kappa shape index (κ2) is 4.63. The minimum absolute atomic E-state index is 0.242. The highest BCUT2D eigenvalue weighted by atomic mass is 79.9. The molecule has 0 bridgehead atoms. The molecule has 5 heteroatoms. The van der Waals surface area contributed by atoms with Crippen molar-refractivity contribution in [3.05, 3.63) is 46.3 Å². The van der Waals surface area contributed by atoms with E-state index in [0.29, 0.717) is 21.6 Å². The summed E-state index contributed by atoms with van der Waals surface area (Å²) in [6.07, 6.45) is 1.45. The average Bonchev–Trinajstić information content (AvgIpc) is 2.70. The van der Waals surface area contributed by atoms with E-state index in [1.54, 1.807) is 18.2 Å². The molecule has 4 nitrogen and oxygen atoms in total. The highest BCUT2D eigenvalue weighted by Crippen LogP contribution is 2.21. The normalized spacial score (nSPS) is 10.2. The first kappa shape index (κ1) is 11.7. The Balaban J connectivity index is 2.19. The van der Waals surface area contributed by atoms with Crippen LogP contribution in [0.1, 0.15) is 15.9 Å². The Morgan fingerprint density at radius 1 is 1.41 bits per heavy atom. The molecule has 17 heavy (non-hydrogen) atoms. The highest BCUT2D eigenvalue weighted by Gasteiger charge is 2.12. The second-order valence-electron chi connectivity index (χ2n) is 3.63. The molecular formula is C12H11BrN2O2. The van der Waals surface area contributed by atoms with E-state index >= 15 is 0 Å². The standard InChI is InChI=1S/C12H11BrN2O2/c1-7-2-3-8(6-10(7)14)15-12(16)9-4-5-17-11(9)13/h2-6H,14H2,1H3,(H,15,16). The van der Waals surface area contributed by atoms with Crippen molar-refractivity contribution in [3.63, 3.8) is 0 Å². The van der Waals surface area contributed by atoms with E-state index in [2.05, 4.69) is 21.2 Å². The number of aryl methyl sites for hydroxylation is 1. The van der Waals surface area contributed by atoms with Crippen LogP contribution in [-0.2, 0) is 0 Å². The second-order valence-corrected chi connectivity index (χ2v) is 4.35. The Morgan fingerprint density at radius 2 is 2.18 bits per heavy atom. The number of nitrogen functional groups attached to an aromatic ring is 1. The third kappa shape index (κ3) is 2.50. The maximum atomic E-state index is 11.9. The predicted molar refractivity (Wildman–Crippen MR) is 70.0 cm³/mol. The number of hydrogen-bond donors (Lipinski definition) is 2. The van der Waals surface area contributed by atoms with Crippen LogP contribution in [0.5, 0.6) is 0 Å². The molecule has 1 aromatic heterocycles. The fourth-order valence-corrected chi connectivity index (χ4v) is 1.79. The zero-order valence-corrected chi connectivity index (χ0v) is 10.7. The Bertz CT molecular complexity index is 563. The Hall–Kier alpha value is -1.75. The number of rotatable bonds is 2. The van der Waals surface area contributed by atoms with Crippen molar-refractivity contribution in [3.8, 4) is 0 Å². The van der Waals surface area contributed by atoms with E-state index in [4.69, 9.17) is 10.2 Å². The fourth-order valence-electron chi connectivity index (χ4n) is 1.37. The molecule has 88 valence electrons. The summed E-state index contributed by atoms with van der Waals surface area (Å²) in [5.41, 5.74) is 8.50. The number of anilines is 2. The Morgan fingerprint density at radius 3 is 2.76 bits per heavy atom. The van der Waals surface area contributed by atoms with Gasteiger partial charge in [0.25, 0.3) is 5.91 Å². The van der Waals surface area contributed by atoms with Crippen molar-refractivity contribution in [2.24, 2.45) is 0 Å². The first-order valence-corrected chi connectivity index (χ1v) is 5.77. The van der Waals surface area contributed by atoms with Crippen LogP contribution in [0.2, 0.25) is 0 Å². The Labute approximate surface area is 107 Å². The quantitative estimate of drug-likeness (QED) is 0.836. The zero-order valence-electron chi connectivity index (χ0n) is 9.16. The molecule has 0 radical (unpaired) electrons. The first-order chi connectivity index (χ1) is 8.08.